The van der Waals surface area contributed by atoms with Crippen LogP contribution >= 0.6 is 0 Å². The van der Waals surface area contributed by atoms with Gasteiger partial charge in [0.1, 0.15) is 5.60 Å². The minimum absolute atomic E-state index is 0.522. The Morgan fingerprint density at radius 2 is 0.667 bits per heavy atom. The molecule has 0 radical (unpaired) electrons. The Hall–Kier alpha value is -0.160. The fourth-order valence-electron chi connectivity index (χ4n) is 6.42. The summed E-state index contributed by atoms with van der Waals surface area (Å²) in [6.45, 7) is 7.09. The lowest BCUT2D eigenvalue weighted by atomic mass is 9.88. The molecule has 4 heteroatoms. The molecule has 254 valence electrons. The first kappa shape index (κ1) is 41.8. The van der Waals surface area contributed by atoms with Crippen LogP contribution in [0.15, 0.2) is 0 Å². The topological polar surface area (TPSA) is 75.7 Å². The lowest BCUT2D eigenvalue weighted by Crippen LogP contribution is -2.62. The molecule has 0 aliphatic heterocycles. The monoisotopic (exact) mass is 598 g/mol. The van der Waals surface area contributed by atoms with Gasteiger partial charge in [0.2, 0.25) is 5.91 Å². The number of unbranched alkanes of at least 4 members (excludes halogenated alkanes) is 28. The maximum Gasteiger partial charge on any atom is 0.250 e. The van der Waals surface area contributed by atoms with Crippen molar-refractivity contribution in [2.75, 3.05) is 6.61 Å². The lowest BCUT2D eigenvalue weighted by Gasteiger charge is -2.40. The highest BCUT2D eigenvalue weighted by Gasteiger charge is 2.46. The molecule has 0 aliphatic rings. The van der Waals surface area contributed by atoms with Crippen LogP contribution < -0.4 is 5.73 Å². The van der Waals surface area contributed by atoms with Crippen LogP contribution in [-0.4, -0.2) is 28.3 Å². The molecule has 0 spiro atoms. The quantitative estimate of drug-likeness (QED) is 0.0501. The van der Waals surface area contributed by atoms with Crippen molar-refractivity contribution in [3.8, 4) is 0 Å². The highest BCUT2D eigenvalue weighted by atomic mass is 16.6. The second kappa shape index (κ2) is 30.8. The number of rotatable bonds is 35. The Morgan fingerprint density at radius 3 is 0.929 bits per heavy atom. The van der Waals surface area contributed by atoms with E-state index in [1.807, 2.05) is 6.92 Å². The normalized spacial score (nSPS) is 13.6. The SMILES string of the molecule is CCCCCCCCCCCCCCCCCCOC(CC)(CCCCCCCCCCCCCCCC)C(N)(O)O. The molecule has 0 saturated carbocycles. The van der Waals surface area contributed by atoms with Crippen LogP contribution in [0.5, 0.6) is 0 Å². The molecule has 4 N–H and O–H groups in total. The molecule has 4 nitrogen and oxygen atoms in total. The van der Waals surface area contributed by atoms with Gasteiger partial charge in [-0.05, 0) is 19.3 Å². The van der Waals surface area contributed by atoms with Gasteiger partial charge in [0.05, 0.1) is 0 Å². The Labute approximate surface area is 264 Å². The molecular weight excluding hydrogens is 518 g/mol. The molecule has 0 aromatic heterocycles. The zero-order valence-electron chi connectivity index (χ0n) is 29.2. The third-order valence-electron chi connectivity index (χ3n) is 9.55. The summed E-state index contributed by atoms with van der Waals surface area (Å²) < 4.78 is 6.15. The van der Waals surface area contributed by atoms with Gasteiger partial charge in [-0.25, -0.2) is 0 Å². The first-order valence-corrected chi connectivity index (χ1v) is 19.3. The molecule has 0 amide bonds. The molecule has 0 aromatic rings. The highest BCUT2D eigenvalue weighted by molar-refractivity contribution is 4.89. The molecule has 0 bridgehead atoms. The van der Waals surface area contributed by atoms with E-state index in [-0.39, 0.29) is 0 Å². The standard InChI is InChI=1S/C38H79NO3/c1-4-7-9-11-13-15-17-19-21-22-24-26-28-30-32-34-36-42-37(6-3,38(39,40)41)35-33-31-29-27-25-23-20-18-16-14-12-10-8-5-2/h40-41H,4-36,39H2,1-3H3. The Kier molecular flexibility index (Phi) is 30.7. The molecule has 0 heterocycles. The van der Waals surface area contributed by atoms with Gasteiger partial charge in [0.15, 0.2) is 0 Å². The molecule has 0 fully saturated rings. The predicted octanol–water partition coefficient (Wildman–Crippen LogP) is 11.9. The van der Waals surface area contributed by atoms with Gasteiger partial charge >= 0.3 is 0 Å². The summed E-state index contributed by atoms with van der Waals surface area (Å²) in [6, 6.07) is 0. The molecule has 0 saturated heterocycles. The molecule has 0 aliphatic carbocycles. The van der Waals surface area contributed by atoms with E-state index < -0.39 is 11.5 Å². The smallest absolute Gasteiger partial charge is 0.250 e. The average Bonchev–Trinajstić information content (AvgIpc) is 2.97. The number of nitrogens with two attached hydrogens (primary N) is 1. The highest BCUT2D eigenvalue weighted by Crippen LogP contribution is 2.31. The van der Waals surface area contributed by atoms with Crippen molar-refractivity contribution in [2.45, 2.75) is 238 Å². The van der Waals surface area contributed by atoms with Crippen molar-refractivity contribution in [3.05, 3.63) is 0 Å². The maximum atomic E-state index is 10.4. The van der Waals surface area contributed by atoms with Crippen LogP contribution in [0.2, 0.25) is 0 Å². The van der Waals surface area contributed by atoms with E-state index in [1.54, 1.807) is 0 Å². The zero-order chi connectivity index (χ0) is 31.0. The summed E-state index contributed by atoms with van der Waals surface area (Å²) >= 11 is 0. The number of hydrogen-bond donors (Lipinski definition) is 3. The summed E-state index contributed by atoms with van der Waals surface area (Å²) in [4.78, 5) is 0. The van der Waals surface area contributed by atoms with Crippen LogP contribution in [-0.2, 0) is 4.74 Å². The second-order valence-electron chi connectivity index (χ2n) is 13.6. The van der Waals surface area contributed by atoms with Crippen LogP contribution in [0.4, 0.5) is 0 Å². The van der Waals surface area contributed by atoms with E-state index in [0.717, 1.165) is 25.7 Å². The summed E-state index contributed by atoms with van der Waals surface area (Å²) in [7, 11) is 0. The molecular formula is C38H79NO3. The molecule has 1 atom stereocenters. The summed E-state index contributed by atoms with van der Waals surface area (Å²) in [6.07, 6.45) is 41.0. The number of hydrogen-bond acceptors (Lipinski definition) is 4. The first-order chi connectivity index (χ1) is 20.4. The van der Waals surface area contributed by atoms with E-state index >= 15 is 0 Å². The van der Waals surface area contributed by atoms with E-state index in [4.69, 9.17) is 10.5 Å². The Bertz CT molecular complexity index is 521. The van der Waals surface area contributed by atoms with Crippen LogP contribution in [0.25, 0.3) is 0 Å². The van der Waals surface area contributed by atoms with Gasteiger partial charge in [-0.15, -0.1) is 0 Å². The van der Waals surface area contributed by atoms with Crippen molar-refractivity contribution >= 4 is 0 Å². The minimum Gasteiger partial charge on any atom is -0.368 e. The van der Waals surface area contributed by atoms with Crippen molar-refractivity contribution in [1.82, 2.24) is 0 Å². The van der Waals surface area contributed by atoms with E-state index in [1.165, 1.54) is 167 Å². The van der Waals surface area contributed by atoms with Gasteiger partial charge < -0.3 is 14.9 Å². The number of ether oxygens (including phenoxy) is 1. The fraction of sp³-hybridized carbons (Fsp3) is 1.00. The van der Waals surface area contributed by atoms with Crippen molar-refractivity contribution < 1.29 is 14.9 Å². The van der Waals surface area contributed by atoms with Crippen molar-refractivity contribution in [1.29, 1.82) is 0 Å². The fourth-order valence-corrected chi connectivity index (χ4v) is 6.42. The zero-order valence-corrected chi connectivity index (χ0v) is 29.2. The van der Waals surface area contributed by atoms with Crippen molar-refractivity contribution in [3.63, 3.8) is 0 Å². The van der Waals surface area contributed by atoms with Crippen LogP contribution in [0, 0.1) is 0 Å². The van der Waals surface area contributed by atoms with Gasteiger partial charge in [0, 0.05) is 6.61 Å². The second-order valence-corrected chi connectivity index (χ2v) is 13.6. The van der Waals surface area contributed by atoms with E-state index in [2.05, 4.69) is 13.8 Å². The lowest BCUT2D eigenvalue weighted by molar-refractivity contribution is -0.291. The Balaban J connectivity index is 3.76. The largest absolute Gasteiger partial charge is 0.368 e. The Morgan fingerprint density at radius 1 is 0.405 bits per heavy atom. The summed E-state index contributed by atoms with van der Waals surface area (Å²) in [5.41, 5.74) is 4.78. The van der Waals surface area contributed by atoms with E-state index in [0.29, 0.717) is 19.4 Å². The van der Waals surface area contributed by atoms with E-state index in [9.17, 15) is 10.2 Å². The summed E-state index contributed by atoms with van der Waals surface area (Å²) in [5.74, 6) is -2.28. The summed E-state index contributed by atoms with van der Waals surface area (Å²) in [5, 5.41) is 20.8. The first-order valence-electron chi connectivity index (χ1n) is 19.3. The maximum absolute atomic E-state index is 10.4. The van der Waals surface area contributed by atoms with Gasteiger partial charge in [-0.1, -0.05) is 207 Å². The molecule has 42 heavy (non-hydrogen) atoms. The molecule has 0 aromatic carbocycles. The molecule has 1 unspecified atom stereocenters. The van der Waals surface area contributed by atoms with Gasteiger partial charge in [-0.3, -0.25) is 5.73 Å². The number of aliphatic hydroxyl groups is 2. The molecule has 0 rings (SSSR count). The third-order valence-corrected chi connectivity index (χ3v) is 9.55. The van der Waals surface area contributed by atoms with Crippen LogP contribution in [0.1, 0.15) is 226 Å². The predicted molar refractivity (Wildman–Crippen MR) is 185 cm³/mol. The average molecular weight is 598 g/mol. The minimum atomic E-state index is -2.28. The van der Waals surface area contributed by atoms with Crippen molar-refractivity contribution in [2.24, 2.45) is 5.73 Å². The van der Waals surface area contributed by atoms with Gasteiger partial charge in [0.25, 0.3) is 0 Å². The van der Waals surface area contributed by atoms with Crippen LogP contribution in [0.3, 0.4) is 0 Å². The third kappa shape index (κ3) is 25.2. The van der Waals surface area contributed by atoms with Gasteiger partial charge in [-0.2, -0.15) is 0 Å².